The molecule has 2 N–H and O–H groups in total. The molecule has 1 aromatic rings. The van der Waals surface area contributed by atoms with Crippen LogP contribution in [0.5, 0.6) is 0 Å². The molecule has 1 amide bonds. The lowest BCUT2D eigenvalue weighted by Crippen LogP contribution is -2.45. The van der Waals surface area contributed by atoms with Crippen molar-refractivity contribution in [3.63, 3.8) is 0 Å². The quantitative estimate of drug-likeness (QED) is 0.810. The highest BCUT2D eigenvalue weighted by Crippen LogP contribution is 2.13. The van der Waals surface area contributed by atoms with E-state index in [9.17, 15) is 4.79 Å². The van der Waals surface area contributed by atoms with Gasteiger partial charge in [-0.05, 0) is 19.9 Å². The number of ether oxygens (including phenoxy) is 1. The zero-order valence-electron chi connectivity index (χ0n) is 10.2. The molecular weight excluding hydrogens is 220 g/mol. The van der Waals surface area contributed by atoms with Crippen LogP contribution in [0, 0.1) is 13.8 Å². The molecule has 5 nitrogen and oxygen atoms in total. The van der Waals surface area contributed by atoms with E-state index in [0.29, 0.717) is 24.5 Å². The highest BCUT2D eigenvalue weighted by atomic mass is 16.5. The van der Waals surface area contributed by atoms with E-state index in [2.05, 4.69) is 10.6 Å². The monoisotopic (exact) mass is 238 g/mol. The summed E-state index contributed by atoms with van der Waals surface area (Å²) in [5.41, 5.74) is 0.603. The first kappa shape index (κ1) is 12.1. The third-order valence-electron chi connectivity index (χ3n) is 2.78. The molecule has 0 radical (unpaired) electrons. The molecule has 1 unspecified atom stereocenters. The summed E-state index contributed by atoms with van der Waals surface area (Å²) in [6.07, 6.45) is 0.0565. The average Bonchev–Trinajstić information content (AvgIpc) is 2.67. The maximum Gasteiger partial charge on any atom is 0.254 e. The lowest BCUT2D eigenvalue weighted by atomic mass is 10.2. The van der Waals surface area contributed by atoms with Crippen molar-refractivity contribution >= 4 is 5.91 Å². The summed E-state index contributed by atoms with van der Waals surface area (Å²) in [6.45, 7) is 6.51. The molecule has 1 atom stereocenters. The second kappa shape index (κ2) is 5.33. The SMILES string of the molecule is Cc1cc(C(=O)NCC2CNCCO2)c(C)o1. The Labute approximate surface area is 101 Å². The molecule has 94 valence electrons. The zero-order chi connectivity index (χ0) is 12.3. The number of aryl methyl sites for hydroxylation is 2. The van der Waals surface area contributed by atoms with Crippen molar-refractivity contribution < 1.29 is 13.9 Å². The Bertz CT molecular complexity index is 394. The van der Waals surface area contributed by atoms with E-state index in [0.717, 1.165) is 18.8 Å². The summed E-state index contributed by atoms with van der Waals surface area (Å²) in [6, 6.07) is 1.75. The van der Waals surface area contributed by atoms with Crippen LogP contribution in [0.2, 0.25) is 0 Å². The minimum Gasteiger partial charge on any atom is -0.466 e. The summed E-state index contributed by atoms with van der Waals surface area (Å²) >= 11 is 0. The summed E-state index contributed by atoms with van der Waals surface area (Å²) in [4.78, 5) is 11.9. The zero-order valence-corrected chi connectivity index (χ0v) is 10.2. The van der Waals surface area contributed by atoms with Crippen LogP contribution < -0.4 is 10.6 Å². The van der Waals surface area contributed by atoms with Gasteiger partial charge in [0.05, 0.1) is 18.3 Å². The standard InChI is InChI=1S/C12H18N2O3/c1-8-5-11(9(2)17-8)12(15)14-7-10-6-13-3-4-16-10/h5,10,13H,3-4,6-7H2,1-2H3,(H,14,15). The van der Waals surface area contributed by atoms with Crippen LogP contribution in [-0.2, 0) is 4.74 Å². The molecule has 1 fully saturated rings. The van der Waals surface area contributed by atoms with Crippen LogP contribution >= 0.6 is 0 Å². The Morgan fingerprint density at radius 2 is 2.41 bits per heavy atom. The van der Waals surface area contributed by atoms with E-state index in [-0.39, 0.29) is 12.0 Å². The van der Waals surface area contributed by atoms with Gasteiger partial charge < -0.3 is 19.8 Å². The fourth-order valence-corrected chi connectivity index (χ4v) is 1.91. The van der Waals surface area contributed by atoms with Gasteiger partial charge in [-0.25, -0.2) is 0 Å². The molecule has 1 aliphatic heterocycles. The number of carbonyl (C=O) groups excluding carboxylic acids is 1. The Morgan fingerprint density at radius 1 is 1.59 bits per heavy atom. The van der Waals surface area contributed by atoms with Gasteiger partial charge in [-0.3, -0.25) is 4.79 Å². The first-order chi connectivity index (χ1) is 8.16. The van der Waals surface area contributed by atoms with Gasteiger partial charge in [0, 0.05) is 19.6 Å². The second-order valence-electron chi connectivity index (χ2n) is 4.23. The summed E-state index contributed by atoms with van der Waals surface area (Å²) in [5.74, 6) is 1.31. The van der Waals surface area contributed by atoms with E-state index < -0.39 is 0 Å². The maximum absolute atomic E-state index is 11.9. The number of amides is 1. The highest BCUT2D eigenvalue weighted by Gasteiger charge is 2.17. The van der Waals surface area contributed by atoms with Crippen LogP contribution in [0.3, 0.4) is 0 Å². The number of furan rings is 1. The predicted molar refractivity (Wildman–Crippen MR) is 63.1 cm³/mol. The molecule has 2 rings (SSSR count). The van der Waals surface area contributed by atoms with Gasteiger partial charge in [0.15, 0.2) is 0 Å². The van der Waals surface area contributed by atoms with E-state index in [4.69, 9.17) is 9.15 Å². The minimum atomic E-state index is -0.103. The normalized spacial score (nSPS) is 20.2. The minimum absolute atomic E-state index is 0.0565. The Morgan fingerprint density at radius 3 is 3.00 bits per heavy atom. The van der Waals surface area contributed by atoms with Gasteiger partial charge in [0.2, 0.25) is 0 Å². The number of morpholine rings is 1. The smallest absolute Gasteiger partial charge is 0.254 e. The fraction of sp³-hybridized carbons (Fsp3) is 0.583. The Balaban J connectivity index is 1.86. The predicted octanol–water partition coefficient (Wildman–Crippen LogP) is 0.615. The summed E-state index contributed by atoms with van der Waals surface area (Å²) in [7, 11) is 0. The van der Waals surface area contributed by atoms with Gasteiger partial charge >= 0.3 is 0 Å². The van der Waals surface area contributed by atoms with Gasteiger partial charge in [-0.15, -0.1) is 0 Å². The molecule has 2 heterocycles. The number of hydrogen-bond donors (Lipinski definition) is 2. The van der Waals surface area contributed by atoms with Crippen molar-refractivity contribution in [1.82, 2.24) is 10.6 Å². The molecule has 1 aromatic heterocycles. The van der Waals surface area contributed by atoms with Crippen LogP contribution in [0.15, 0.2) is 10.5 Å². The fourth-order valence-electron chi connectivity index (χ4n) is 1.91. The van der Waals surface area contributed by atoms with Gasteiger partial charge in [0.1, 0.15) is 11.5 Å². The molecule has 0 saturated carbocycles. The summed E-state index contributed by atoms with van der Waals surface area (Å²) < 4.78 is 10.8. The van der Waals surface area contributed by atoms with Crippen LogP contribution in [0.4, 0.5) is 0 Å². The van der Waals surface area contributed by atoms with E-state index >= 15 is 0 Å². The van der Waals surface area contributed by atoms with Gasteiger partial charge in [0.25, 0.3) is 5.91 Å². The van der Waals surface area contributed by atoms with Crippen molar-refractivity contribution in [3.8, 4) is 0 Å². The van der Waals surface area contributed by atoms with Crippen molar-refractivity contribution in [2.45, 2.75) is 20.0 Å². The average molecular weight is 238 g/mol. The van der Waals surface area contributed by atoms with Crippen molar-refractivity contribution in [2.24, 2.45) is 0 Å². The highest BCUT2D eigenvalue weighted by molar-refractivity contribution is 5.95. The third kappa shape index (κ3) is 3.08. The lowest BCUT2D eigenvalue weighted by Gasteiger charge is -2.23. The second-order valence-corrected chi connectivity index (χ2v) is 4.23. The van der Waals surface area contributed by atoms with Gasteiger partial charge in [-0.2, -0.15) is 0 Å². The number of hydrogen-bond acceptors (Lipinski definition) is 4. The first-order valence-corrected chi connectivity index (χ1v) is 5.84. The number of nitrogens with one attached hydrogen (secondary N) is 2. The van der Waals surface area contributed by atoms with E-state index in [1.54, 1.807) is 13.0 Å². The molecule has 5 heteroatoms. The van der Waals surface area contributed by atoms with Crippen molar-refractivity contribution in [3.05, 3.63) is 23.2 Å². The molecule has 0 aliphatic carbocycles. The molecule has 0 aromatic carbocycles. The molecule has 1 aliphatic rings. The van der Waals surface area contributed by atoms with E-state index in [1.165, 1.54) is 0 Å². The molecule has 0 bridgehead atoms. The Hall–Kier alpha value is -1.33. The largest absolute Gasteiger partial charge is 0.466 e. The molecule has 0 spiro atoms. The third-order valence-corrected chi connectivity index (χ3v) is 2.78. The van der Waals surface area contributed by atoms with Gasteiger partial charge in [-0.1, -0.05) is 0 Å². The van der Waals surface area contributed by atoms with Crippen molar-refractivity contribution in [2.75, 3.05) is 26.2 Å². The van der Waals surface area contributed by atoms with E-state index in [1.807, 2.05) is 6.92 Å². The molecule has 1 saturated heterocycles. The number of carbonyl (C=O) groups is 1. The topological polar surface area (TPSA) is 63.5 Å². The molecular formula is C12H18N2O3. The van der Waals surface area contributed by atoms with Crippen LogP contribution in [-0.4, -0.2) is 38.3 Å². The first-order valence-electron chi connectivity index (χ1n) is 5.84. The van der Waals surface area contributed by atoms with Crippen LogP contribution in [0.1, 0.15) is 21.9 Å². The Kier molecular flexibility index (Phi) is 3.81. The van der Waals surface area contributed by atoms with Crippen LogP contribution in [0.25, 0.3) is 0 Å². The maximum atomic E-state index is 11.9. The molecule has 17 heavy (non-hydrogen) atoms. The number of rotatable bonds is 3. The van der Waals surface area contributed by atoms with Crippen molar-refractivity contribution in [1.29, 1.82) is 0 Å². The lowest BCUT2D eigenvalue weighted by molar-refractivity contribution is 0.0287. The summed E-state index contributed by atoms with van der Waals surface area (Å²) in [5, 5.41) is 6.08.